The largest absolute Gasteiger partial charge is 0.469 e. The molecule has 3 atom stereocenters. The predicted octanol–water partition coefficient (Wildman–Crippen LogP) is 3.39. The first-order valence-electron chi connectivity index (χ1n) is 8.77. The first-order valence-corrected chi connectivity index (χ1v) is 8.77. The molecule has 3 rings (SSSR count). The molecule has 1 aromatic heterocycles. The van der Waals surface area contributed by atoms with Crippen molar-refractivity contribution in [1.82, 2.24) is 4.90 Å². The van der Waals surface area contributed by atoms with E-state index in [-0.39, 0.29) is 24.0 Å². The number of aliphatic hydroxyl groups excluding tert-OH is 1. The van der Waals surface area contributed by atoms with Gasteiger partial charge in [0.15, 0.2) is 0 Å². The molecule has 1 aliphatic carbocycles. The van der Waals surface area contributed by atoms with Gasteiger partial charge in [-0.05, 0) is 38.2 Å². The topological polar surface area (TPSA) is 53.7 Å². The van der Waals surface area contributed by atoms with Crippen molar-refractivity contribution in [1.29, 1.82) is 0 Å². The molecule has 0 radical (unpaired) electrons. The van der Waals surface area contributed by atoms with Crippen LogP contribution < -0.4 is 0 Å². The molecule has 122 valence electrons. The number of amides is 1. The van der Waals surface area contributed by atoms with Gasteiger partial charge in [0.25, 0.3) is 5.91 Å². The van der Waals surface area contributed by atoms with Crippen LogP contribution in [0.2, 0.25) is 0 Å². The van der Waals surface area contributed by atoms with Crippen molar-refractivity contribution < 1.29 is 14.3 Å². The van der Waals surface area contributed by atoms with E-state index in [2.05, 4.69) is 6.92 Å². The van der Waals surface area contributed by atoms with E-state index in [9.17, 15) is 9.90 Å². The van der Waals surface area contributed by atoms with E-state index < -0.39 is 0 Å². The lowest BCUT2D eigenvalue weighted by Gasteiger charge is -2.37. The predicted molar refractivity (Wildman–Crippen MR) is 84.7 cm³/mol. The summed E-state index contributed by atoms with van der Waals surface area (Å²) in [4.78, 5) is 15.0. The minimum absolute atomic E-state index is 0.0949. The smallest absolute Gasteiger partial charge is 0.257 e. The van der Waals surface area contributed by atoms with Crippen molar-refractivity contribution in [2.24, 2.45) is 5.92 Å². The monoisotopic (exact) mass is 305 g/mol. The number of carbonyl (C=O) groups is 1. The molecule has 0 unspecified atom stereocenters. The molecule has 1 saturated heterocycles. The summed E-state index contributed by atoms with van der Waals surface area (Å²) < 4.78 is 5.49. The molecule has 1 aromatic rings. The van der Waals surface area contributed by atoms with Crippen molar-refractivity contribution in [3.8, 4) is 0 Å². The number of furan rings is 1. The van der Waals surface area contributed by atoms with Gasteiger partial charge in [0.05, 0.1) is 17.9 Å². The summed E-state index contributed by atoms with van der Waals surface area (Å²) in [6.45, 7) is 2.90. The Kier molecular flexibility index (Phi) is 4.87. The number of carbonyl (C=O) groups excluding carboxylic acids is 1. The maximum Gasteiger partial charge on any atom is 0.257 e. The zero-order chi connectivity index (χ0) is 15.5. The number of aliphatic hydroxyl groups is 1. The zero-order valence-electron chi connectivity index (χ0n) is 13.5. The van der Waals surface area contributed by atoms with Crippen LogP contribution in [0.4, 0.5) is 0 Å². The Morgan fingerprint density at radius 2 is 2.14 bits per heavy atom. The van der Waals surface area contributed by atoms with Crippen LogP contribution in [0.25, 0.3) is 0 Å². The maximum atomic E-state index is 12.9. The molecule has 1 saturated carbocycles. The first-order chi connectivity index (χ1) is 10.7. The quantitative estimate of drug-likeness (QED) is 0.927. The lowest BCUT2D eigenvalue weighted by Crippen LogP contribution is -2.45. The van der Waals surface area contributed by atoms with Gasteiger partial charge in [-0.2, -0.15) is 0 Å². The molecule has 0 aromatic carbocycles. The van der Waals surface area contributed by atoms with Crippen molar-refractivity contribution in [2.45, 2.75) is 70.4 Å². The van der Waals surface area contributed by atoms with Gasteiger partial charge in [-0.1, -0.05) is 19.8 Å². The highest BCUT2D eigenvalue weighted by atomic mass is 16.3. The van der Waals surface area contributed by atoms with Crippen LogP contribution in [0.3, 0.4) is 0 Å². The van der Waals surface area contributed by atoms with E-state index in [4.69, 9.17) is 4.42 Å². The van der Waals surface area contributed by atoms with E-state index >= 15 is 0 Å². The Balaban J connectivity index is 1.77. The molecule has 1 N–H and O–H groups in total. The van der Waals surface area contributed by atoms with Gasteiger partial charge in [0.1, 0.15) is 5.76 Å². The van der Waals surface area contributed by atoms with E-state index in [1.165, 1.54) is 6.42 Å². The molecule has 4 nitrogen and oxygen atoms in total. The summed E-state index contributed by atoms with van der Waals surface area (Å²) in [5.74, 6) is 1.15. The lowest BCUT2D eigenvalue weighted by atomic mass is 9.80. The van der Waals surface area contributed by atoms with Crippen LogP contribution in [-0.2, 0) is 6.42 Å². The Morgan fingerprint density at radius 3 is 2.91 bits per heavy atom. The van der Waals surface area contributed by atoms with Gasteiger partial charge in [-0.15, -0.1) is 0 Å². The number of rotatable bonds is 4. The second kappa shape index (κ2) is 6.86. The van der Waals surface area contributed by atoms with E-state index in [0.717, 1.165) is 62.8 Å². The average Bonchev–Trinajstić information content (AvgIpc) is 3.16. The third-order valence-corrected chi connectivity index (χ3v) is 5.29. The number of likely N-dealkylation sites (tertiary alicyclic amines) is 1. The molecule has 2 heterocycles. The Hall–Kier alpha value is -1.29. The standard InChI is InChI=1S/C18H27NO3/c1-2-6-17-14(10-12-22-17)18(21)19-11-5-8-15(19)13-7-3-4-9-16(13)20/h10,12-13,15-16,20H,2-9,11H2,1H3/t13-,15+,16-/m0/s1. The summed E-state index contributed by atoms with van der Waals surface area (Å²) in [5, 5.41) is 10.3. The van der Waals surface area contributed by atoms with Crippen molar-refractivity contribution in [2.75, 3.05) is 6.54 Å². The minimum atomic E-state index is -0.244. The third-order valence-electron chi connectivity index (χ3n) is 5.29. The van der Waals surface area contributed by atoms with Crippen LogP contribution in [0.1, 0.15) is 68.0 Å². The molecule has 1 aliphatic heterocycles. The van der Waals surface area contributed by atoms with Crippen LogP contribution in [0.5, 0.6) is 0 Å². The number of hydrogen-bond donors (Lipinski definition) is 1. The molecule has 4 heteroatoms. The summed E-state index contributed by atoms with van der Waals surface area (Å²) in [6.07, 6.45) is 9.43. The van der Waals surface area contributed by atoms with Crippen LogP contribution in [0, 0.1) is 5.92 Å². The Labute approximate surface area is 132 Å². The van der Waals surface area contributed by atoms with Gasteiger partial charge in [-0.25, -0.2) is 0 Å². The number of aryl methyl sites for hydroxylation is 1. The molecule has 0 spiro atoms. The van der Waals surface area contributed by atoms with E-state index in [0.29, 0.717) is 0 Å². The summed E-state index contributed by atoms with van der Waals surface area (Å²) in [7, 11) is 0. The van der Waals surface area contributed by atoms with Gasteiger partial charge in [0.2, 0.25) is 0 Å². The highest BCUT2D eigenvalue weighted by Crippen LogP contribution is 2.35. The molecule has 1 amide bonds. The van der Waals surface area contributed by atoms with Crippen LogP contribution >= 0.6 is 0 Å². The highest BCUT2D eigenvalue weighted by Gasteiger charge is 2.39. The SMILES string of the molecule is CCCc1occc1C(=O)N1CCC[C@@H]1[C@@H]1CCCC[C@@H]1O. The van der Waals surface area contributed by atoms with Crippen LogP contribution in [-0.4, -0.2) is 34.6 Å². The second-order valence-corrected chi connectivity index (χ2v) is 6.73. The molecule has 2 aliphatic rings. The van der Waals surface area contributed by atoms with Gasteiger partial charge in [-0.3, -0.25) is 4.79 Å². The average molecular weight is 305 g/mol. The van der Waals surface area contributed by atoms with Crippen molar-refractivity contribution >= 4 is 5.91 Å². The van der Waals surface area contributed by atoms with Crippen LogP contribution in [0.15, 0.2) is 16.7 Å². The fraction of sp³-hybridized carbons (Fsp3) is 0.722. The summed E-state index contributed by atoms with van der Waals surface area (Å²) >= 11 is 0. The molecule has 0 bridgehead atoms. The highest BCUT2D eigenvalue weighted by molar-refractivity contribution is 5.95. The molecule has 22 heavy (non-hydrogen) atoms. The van der Waals surface area contributed by atoms with E-state index in [1.807, 2.05) is 4.90 Å². The Morgan fingerprint density at radius 1 is 1.32 bits per heavy atom. The van der Waals surface area contributed by atoms with E-state index in [1.54, 1.807) is 12.3 Å². The molecular formula is C18H27NO3. The second-order valence-electron chi connectivity index (χ2n) is 6.73. The number of hydrogen-bond acceptors (Lipinski definition) is 3. The normalized spacial score (nSPS) is 29.0. The fourth-order valence-corrected chi connectivity index (χ4v) is 4.19. The fourth-order valence-electron chi connectivity index (χ4n) is 4.19. The van der Waals surface area contributed by atoms with Crippen molar-refractivity contribution in [3.63, 3.8) is 0 Å². The van der Waals surface area contributed by atoms with Gasteiger partial charge < -0.3 is 14.4 Å². The Bertz CT molecular complexity index is 510. The lowest BCUT2D eigenvalue weighted by molar-refractivity contribution is 0.0211. The molecular weight excluding hydrogens is 278 g/mol. The number of nitrogens with zero attached hydrogens (tertiary/aromatic N) is 1. The summed E-state index contributed by atoms with van der Waals surface area (Å²) in [5.41, 5.74) is 0.721. The maximum absolute atomic E-state index is 12.9. The van der Waals surface area contributed by atoms with Crippen molar-refractivity contribution in [3.05, 3.63) is 23.7 Å². The minimum Gasteiger partial charge on any atom is -0.469 e. The molecule has 2 fully saturated rings. The third kappa shape index (κ3) is 2.94. The van der Waals surface area contributed by atoms with Gasteiger partial charge in [0, 0.05) is 24.9 Å². The van der Waals surface area contributed by atoms with Gasteiger partial charge >= 0.3 is 0 Å². The first kappa shape index (κ1) is 15.6. The zero-order valence-corrected chi connectivity index (χ0v) is 13.5. The summed E-state index contributed by atoms with van der Waals surface area (Å²) in [6, 6.07) is 2.01.